The molecule has 62 valence electrons. The van der Waals surface area contributed by atoms with Gasteiger partial charge in [-0.05, 0) is 21.0 Å². The zero-order valence-corrected chi connectivity index (χ0v) is 7.81. The van der Waals surface area contributed by atoms with E-state index in [0.717, 1.165) is 6.54 Å². The molecule has 2 nitrogen and oxygen atoms in total. The van der Waals surface area contributed by atoms with Crippen LogP contribution in [0.15, 0.2) is 0 Å². The van der Waals surface area contributed by atoms with Crippen LogP contribution in [0.25, 0.3) is 0 Å². The summed E-state index contributed by atoms with van der Waals surface area (Å²) in [7, 11) is 4.21. The molecule has 1 N–H and O–H groups in total. The molecule has 0 aliphatic rings. The molecule has 2 heteroatoms. The molecule has 0 saturated carbocycles. The normalized spacial score (nSPS) is 14.7. The molecule has 0 amide bonds. The molecule has 0 aromatic heterocycles. The van der Waals surface area contributed by atoms with Crippen molar-refractivity contribution in [2.24, 2.45) is 0 Å². The number of hydrogen-bond donors (Lipinski definition) is 1. The van der Waals surface area contributed by atoms with Gasteiger partial charge in [-0.25, -0.2) is 0 Å². The second-order valence-corrected chi connectivity index (χ2v) is 3.38. The van der Waals surface area contributed by atoms with E-state index in [4.69, 9.17) is 0 Å². The summed E-state index contributed by atoms with van der Waals surface area (Å²) in [5.41, 5.74) is 0. The van der Waals surface area contributed by atoms with E-state index in [1.807, 2.05) is 0 Å². The summed E-state index contributed by atoms with van der Waals surface area (Å²) in [6.07, 6.45) is 0. The highest BCUT2D eigenvalue weighted by molar-refractivity contribution is 4.64. The van der Waals surface area contributed by atoms with Crippen molar-refractivity contribution in [2.45, 2.75) is 32.9 Å². The number of hydrogen-bond acceptors (Lipinski definition) is 2. The standard InChI is InChI=1S/C8H20N2/c1-7(2)9-6-8(3)10(4)5/h7-9H,6H2,1-5H3. The van der Waals surface area contributed by atoms with Crippen molar-refractivity contribution in [1.82, 2.24) is 10.2 Å². The Bertz CT molecular complexity index is 79.3. The first-order valence-corrected chi connectivity index (χ1v) is 3.94. The first-order valence-electron chi connectivity index (χ1n) is 3.94. The molecule has 10 heavy (non-hydrogen) atoms. The van der Waals surface area contributed by atoms with Gasteiger partial charge in [0.1, 0.15) is 0 Å². The van der Waals surface area contributed by atoms with Gasteiger partial charge in [0, 0.05) is 18.6 Å². The predicted octanol–water partition coefficient (Wildman–Crippen LogP) is 0.934. The fourth-order valence-electron chi connectivity index (χ4n) is 0.589. The number of rotatable bonds is 4. The molecular formula is C8H20N2. The molecule has 0 spiro atoms. The molecule has 1 atom stereocenters. The Kier molecular flexibility index (Phi) is 4.65. The Balaban J connectivity index is 3.30. The molecule has 0 fully saturated rings. The lowest BCUT2D eigenvalue weighted by molar-refractivity contribution is 0.297. The van der Waals surface area contributed by atoms with Crippen molar-refractivity contribution in [1.29, 1.82) is 0 Å². The Morgan fingerprint density at radius 1 is 1.20 bits per heavy atom. The van der Waals surface area contributed by atoms with Gasteiger partial charge >= 0.3 is 0 Å². The predicted molar refractivity (Wildman–Crippen MR) is 46.3 cm³/mol. The van der Waals surface area contributed by atoms with Gasteiger partial charge in [-0.3, -0.25) is 0 Å². The van der Waals surface area contributed by atoms with Crippen LogP contribution >= 0.6 is 0 Å². The van der Waals surface area contributed by atoms with Crippen molar-refractivity contribution in [3.8, 4) is 0 Å². The van der Waals surface area contributed by atoms with Crippen molar-refractivity contribution in [2.75, 3.05) is 20.6 Å². The average molecular weight is 144 g/mol. The molecule has 1 unspecified atom stereocenters. The van der Waals surface area contributed by atoms with E-state index in [1.54, 1.807) is 0 Å². The van der Waals surface area contributed by atoms with Gasteiger partial charge in [-0.2, -0.15) is 0 Å². The molecule has 0 aromatic rings. The molecule has 0 saturated heterocycles. The van der Waals surface area contributed by atoms with Gasteiger partial charge in [-0.15, -0.1) is 0 Å². The highest BCUT2D eigenvalue weighted by Crippen LogP contribution is 1.89. The quantitative estimate of drug-likeness (QED) is 0.631. The minimum Gasteiger partial charge on any atom is -0.313 e. The van der Waals surface area contributed by atoms with E-state index in [1.165, 1.54) is 0 Å². The molecular weight excluding hydrogens is 124 g/mol. The Hall–Kier alpha value is -0.0800. The van der Waals surface area contributed by atoms with E-state index in [9.17, 15) is 0 Å². The Morgan fingerprint density at radius 3 is 2.00 bits per heavy atom. The summed E-state index contributed by atoms with van der Waals surface area (Å²) in [5, 5.41) is 3.38. The highest BCUT2D eigenvalue weighted by atomic mass is 15.1. The molecule has 0 aliphatic carbocycles. The van der Waals surface area contributed by atoms with Crippen LogP contribution in [-0.2, 0) is 0 Å². The first-order chi connectivity index (χ1) is 4.54. The van der Waals surface area contributed by atoms with E-state index < -0.39 is 0 Å². The van der Waals surface area contributed by atoms with Crippen molar-refractivity contribution in [3.63, 3.8) is 0 Å². The van der Waals surface area contributed by atoms with Crippen LogP contribution in [0.1, 0.15) is 20.8 Å². The molecule has 0 heterocycles. The van der Waals surface area contributed by atoms with E-state index in [2.05, 4.69) is 45.1 Å². The fraction of sp³-hybridized carbons (Fsp3) is 1.00. The molecule has 0 aromatic carbocycles. The number of likely N-dealkylation sites (N-methyl/N-ethyl adjacent to an activating group) is 1. The van der Waals surface area contributed by atoms with Crippen LogP contribution in [0, 0.1) is 0 Å². The van der Waals surface area contributed by atoms with Crippen molar-refractivity contribution >= 4 is 0 Å². The third-order valence-corrected chi connectivity index (χ3v) is 1.70. The largest absolute Gasteiger partial charge is 0.313 e. The topological polar surface area (TPSA) is 15.3 Å². The fourth-order valence-corrected chi connectivity index (χ4v) is 0.589. The number of nitrogens with one attached hydrogen (secondary N) is 1. The SMILES string of the molecule is CC(C)NCC(C)N(C)C. The molecule has 0 aliphatic heterocycles. The van der Waals surface area contributed by atoms with Gasteiger partial charge in [0.2, 0.25) is 0 Å². The summed E-state index contributed by atoms with van der Waals surface area (Å²) in [6.45, 7) is 7.63. The monoisotopic (exact) mass is 144 g/mol. The van der Waals surface area contributed by atoms with Gasteiger partial charge in [-0.1, -0.05) is 13.8 Å². The minimum atomic E-state index is 0.599. The summed E-state index contributed by atoms with van der Waals surface area (Å²) in [6, 6.07) is 1.23. The number of nitrogens with zero attached hydrogens (tertiary/aromatic N) is 1. The van der Waals surface area contributed by atoms with Crippen LogP contribution in [0.3, 0.4) is 0 Å². The Morgan fingerprint density at radius 2 is 1.70 bits per heavy atom. The van der Waals surface area contributed by atoms with Gasteiger partial charge in [0.15, 0.2) is 0 Å². The van der Waals surface area contributed by atoms with Gasteiger partial charge < -0.3 is 10.2 Å². The van der Waals surface area contributed by atoms with Crippen LogP contribution in [-0.4, -0.2) is 37.6 Å². The van der Waals surface area contributed by atoms with Crippen LogP contribution in [0.4, 0.5) is 0 Å². The van der Waals surface area contributed by atoms with Gasteiger partial charge in [0.25, 0.3) is 0 Å². The zero-order valence-electron chi connectivity index (χ0n) is 7.81. The third-order valence-electron chi connectivity index (χ3n) is 1.70. The average Bonchev–Trinajstić information content (AvgIpc) is 1.82. The van der Waals surface area contributed by atoms with E-state index >= 15 is 0 Å². The maximum Gasteiger partial charge on any atom is 0.0186 e. The van der Waals surface area contributed by atoms with E-state index in [0.29, 0.717) is 12.1 Å². The van der Waals surface area contributed by atoms with E-state index in [-0.39, 0.29) is 0 Å². The molecule has 0 rings (SSSR count). The first kappa shape index (κ1) is 9.92. The summed E-state index contributed by atoms with van der Waals surface area (Å²) >= 11 is 0. The van der Waals surface area contributed by atoms with Crippen molar-refractivity contribution in [3.05, 3.63) is 0 Å². The smallest absolute Gasteiger partial charge is 0.0186 e. The lowest BCUT2D eigenvalue weighted by Gasteiger charge is -2.21. The van der Waals surface area contributed by atoms with Crippen LogP contribution in [0.5, 0.6) is 0 Å². The lowest BCUT2D eigenvalue weighted by atomic mass is 10.3. The molecule has 0 bridgehead atoms. The summed E-state index contributed by atoms with van der Waals surface area (Å²) in [5.74, 6) is 0. The second-order valence-electron chi connectivity index (χ2n) is 3.38. The molecule has 0 radical (unpaired) electrons. The van der Waals surface area contributed by atoms with Crippen molar-refractivity contribution < 1.29 is 0 Å². The minimum absolute atomic E-state index is 0.599. The lowest BCUT2D eigenvalue weighted by Crippen LogP contribution is -2.38. The maximum atomic E-state index is 3.38. The van der Waals surface area contributed by atoms with Crippen LogP contribution < -0.4 is 5.32 Å². The van der Waals surface area contributed by atoms with Gasteiger partial charge in [0.05, 0.1) is 0 Å². The summed E-state index contributed by atoms with van der Waals surface area (Å²) in [4.78, 5) is 2.22. The third kappa shape index (κ3) is 4.77. The highest BCUT2D eigenvalue weighted by Gasteiger charge is 2.03. The second kappa shape index (κ2) is 4.69. The maximum absolute atomic E-state index is 3.38. The van der Waals surface area contributed by atoms with Crippen LogP contribution in [0.2, 0.25) is 0 Å². The summed E-state index contributed by atoms with van der Waals surface area (Å²) < 4.78 is 0. The Labute approximate surface area is 64.6 Å². The zero-order chi connectivity index (χ0) is 8.15.